The van der Waals surface area contributed by atoms with Crippen molar-refractivity contribution in [1.82, 2.24) is 9.80 Å². The van der Waals surface area contributed by atoms with E-state index in [-0.39, 0.29) is 5.69 Å². The van der Waals surface area contributed by atoms with Crippen LogP contribution in [-0.4, -0.2) is 53.1 Å². The zero-order valence-electron chi connectivity index (χ0n) is 11.4. The Labute approximate surface area is 123 Å². The minimum absolute atomic E-state index is 0.0814. The standard InChI is InChI=1S/C13H18N4O2S/c1-15-7-2-8-16(10-9-15)13(20)14-11-3-5-12(6-4-11)17(18)19/h3-6H,2,7-10H2,1H3,(H,14,20). The molecule has 0 aliphatic carbocycles. The number of likely N-dealkylation sites (N-methyl/N-ethyl adjacent to an activating group) is 1. The molecular formula is C13H18N4O2S. The molecule has 0 saturated carbocycles. The van der Waals surface area contributed by atoms with Gasteiger partial charge in [0.05, 0.1) is 4.92 Å². The monoisotopic (exact) mass is 294 g/mol. The summed E-state index contributed by atoms with van der Waals surface area (Å²) in [5.74, 6) is 0. The van der Waals surface area contributed by atoms with Gasteiger partial charge in [-0.2, -0.15) is 0 Å². The number of nitro groups is 1. The molecule has 20 heavy (non-hydrogen) atoms. The van der Waals surface area contributed by atoms with E-state index in [1.54, 1.807) is 12.1 Å². The molecule has 0 bridgehead atoms. The number of benzene rings is 1. The number of non-ortho nitro benzene ring substituents is 1. The maximum atomic E-state index is 10.6. The van der Waals surface area contributed by atoms with Crippen LogP contribution in [0, 0.1) is 10.1 Å². The molecule has 1 saturated heterocycles. The first-order valence-electron chi connectivity index (χ1n) is 6.55. The van der Waals surface area contributed by atoms with Gasteiger partial charge in [-0.3, -0.25) is 10.1 Å². The topological polar surface area (TPSA) is 61.6 Å². The van der Waals surface area contributed by atoms with E-state index in [1.807, 2.05) is 0 Å². The minimum atomic E-state index is -0.410. The van der Waals surface area contributed by atoms with E-state index in [9.17, 15) is 10.1 Å². The molecule has 1 aliphatic rings. The van der Waals surface area contributed by atoms with E-state index in [0.717, 1.165) is 38.3 Å². The SMILES string of the molecule is CN1CCCN(C(=S)Nc2ccc([N+](=O)[O-])cc2)CC1. The number of nitrogens with one attached hydrogen (secondary N) is 1. The highest BCUT2D eigenvalue weighted by Crippen LogP contribution is 2.16. The Bertz CT molecular complexity index is 492. The Balaban J connectivity index is 1.95. The number of hydrogen-bond acceptors (Lipinski definition) is 4. The van der Waals surface area contributed by atoms with Crippen LogP contribution in [0.1, 0.15) is 6.42 Å². The predicted octanol–water partition coefficient (Wildman–Crippen LogP) is 1.93. The average molecular weight is 294 g/mol. The summed E-state index contributed by atoms with van der Waals surface area (Å²) < 4.78 is 0. The van der Waals surface area contributed by atoms with Gasteiger partial charge in [0, 0.05) is 37.5 Å². The Kier molecular flexibility index (Phi) is 4.86. The van der Waals surface area contributed by atoms with Gasteiger partial charge >= 0.3 is 0 Å². The molecular weight excluding hydrogens is 276 g/mol. The van der Waals surface area contributed by atoms with Crippen molar-refractivity contribution in [2.75, 3.05) is 38.5 Å². The van der Waals surface area contributed by atoms with E-state index in [1.165, 1.54) is 12.1 Å². The molecule has 0 spiro atoms. The minimum Gasteiger partial charge on any atom is -0.348 e. The molecule has 1 heterocycles. The van der Waals surface area contributed by atoms with Crippen LogP contribution in [0.5, 0.6) is 0 Å². The lowest BCUT2D eigenvalue weighted by atomic mass is 10.3. The van der Waals surface area contributed by atoms with Crippen molar-refractivity contribution < 1.29 is 4.92 Å². The highest BCUT2D eigenvalue weighted by Gasteiger charge is 2.15. The molecule has 0 radical (unpaired) electrons. The van der Waals surface area contributed by atoms with Crippen LogP contribution in [0.2, 0.25) is 0 Å². The highest BCUT2D eigenvalue weighted by molar-refractivity contribution is 7.80. The van der Waals surface area contributed by atoms with Crippen molar-refractivity contribution >= 4 is 28.7 Å². The fourth-order valence-corrected chi connectivity index (χ4v) is 2.42. The summed E-state index contributed by atoms with van der Waals surface area (Å²) in [6.07, 6.45) is 1.08. The quantitative estimate of drug-likeness (QED) is 0.511. The molecule has 1 aromatic carbocycles. The van der Waals surface area contributed by atoms with Gasteiger partial charge in [0.2, 0.25) is 0 Å². The summed E-state index contributed by atoms with van der Waals surface area (Å²) in [6.45, 7) is 3.90. The fraction of sp³-hybridized carbons (Fsp3) is 0.462. The largest absolute Gasteiger partial charge is 0.348 e. The van der Waals surface area contributed by atoms with Crippen molar-refractivity contribution in [1.29, 1.82) is 0 Å². The normalized spacial score (nSPS) is 16.6. The highest BCUT2D eigenvalue weighted by atomic mass is 32.1. The van der Waals surface area contributed by atoms with Crippen LogP contribution in [-0.2, 0) is 0 Å². The molecule has 0 amide bonds. The number of nitrogens with zero attached hydrogens (tertiary/aromatic N) is 3. The molecule has 1 fully saturated rings. The van der Waals surface area contributed by atoms with Gasteiger partial charge in [0.25, 0.3) is 5.69 Å². The zero-order chi connectivity index (χ0) is 14.5. The average Bonchev–Trinajstić information content (AvgIpc) is 2.64. The molecule has 2 rings (SSSR count). The van der Waals surface area contributed by atoms with E-state index in [4.69, 9.17) is 12.2 Å². The lowest BCUT2D eigenvalue weighted by molar-refractivity contribution is -0.384. The lowest BCUT2D eigenvalue weighted by Gasteiger charge is -2.24. The van der Waals surface area contributed by atoms with Gasteiger partial charge in [-0.1, -0.05) is 0 Å². The second-order valence-corrected chi connectivity index (χ2v) is 5.26. The fourth-order valence-electron chi connectivity index (χ4n) is 2.12. The Morgan fingerprint density at radius 3 is 2.60 bits per heavy atom. The molecule has 108 valence electrons. The molecule has 1 aromatic rings. The molecule has 6 nitrogen and oxygen atoms in total. The molecule has 0 atom stereocenters. The molecule has 0 aromatic heterocycles. The Morgan fingerprint density at radius 1 is 1.25 bits per heavy atom. The second kappa shape index (κ2) is 6.62. The maximum absolute atomic E-state index is 10.6. The van der Waals surface area contributed by atoms with Crippen LogP contribution >= 0.6 is 12.2 Å². The van der Waals surface area contributed by atoms with Gasteiger partial charge in [0.1, 0.15) is 0 Å². The summed E-state index contributed by atoms with van der Waals surface area (Å²) in [4.78, 5) is 14.6. The maximum Gasteiger partial charge on any atom is 0.269 e. The number of rotatable bonds is 2. The zero-order valence-corrected chi connectivity index (χ0v) is 12.2. The first kappa shape index (κ1) is 14.7. The van der Waals surface area contributed by atoms with Crippen molar-refractivity contribution in [2.24, 2.45) is 0 Å². The summed E-state index contributed by atoms with van der Waals surface area (Å²) in [7, 11) is 2.11. The number of anilines is 1. The predicted molar refractivity (Wildman–Crippen MR) is 83.0 cm³/mol. The van der Waals surface area contributed by atoms with Crippen LogP contribution in [0.3, 0.4) is 0 Å². The second-order valence-electron chi connectivity index (χ2n) is 4.88. The van der Waals surface area contributed by atoms with Gasteiger partial charge in [-0.25, -0.2) is 0 Å². The molecule has 1 N–H and O–H groups in total. The summed E-state index contributed by atoms with van der Waals surface area (Å²) >= 11 is 5.40. The van der Waals surface area contributed by atoms with Crippen molar-refractivity contribution in [3.63, 3.8) is 0 Å². The Morgan fingerprint density at radius 2 is 1.95 bits per heavy atom. The first-order chi connectivity index (χ1) is 9.56. The van der Waals surface area contributed by atoms with E-state index in [2.05, 4.69) is 22.2 Å². The van der Waals surface area contributed by atoms with Gasteiger partial charge in [-0.05, 0) is 44.4 Å². The van der Waals surface area contributed by atoms with Crippen LogP contribution in [0.25, 0.3) is 0 Å². The van der Waals surface area contributed by atoms with Crippen molar-refractivity contribution in [3.8, 4) is 0 Å². The lowest BCUT2D eigenvalue weighted by Crippen LogP contribution is -2.37. The van der Waals surface area contributed by atoms with Crippen molar-refractivity contribution in [2.45, 2.75) is 6.42 Å². The Hall–Kier alpha value is -1.73. The van der Waals surface area contributed by atoms with Gasteiger partial charge < -0.3 is 15.1 Å². The van der Waals surface area contributed by atoms with Crippen LogP contribution < -0.4 is 5.32 Å². The van der Waals surface area contributed by atoms with E-state index >= 15 is 0 Å². The third kappa shape index (κ3) is 3.88. The van der Waals surface area contributed by atoms with Crippen LogP contribution in [0.4, 0.5) is 11.4 Å². The third-order valence-electron chi connectivity index (χ3n) is 3.34. The van der Waals surface area contributed by atoms with E-state index in [0.29, 0.717) is 5.11 Å². The third-order valence-corrected chi connectivity index (χ3v) is 3.70. The summed E-state index contributed by atoms with van der Waals surface area (Å²) in [5, 5.41) is 14.4. The molecule has 1 aliphatic heterocycles. The van der Waals surface area contributed by atoms with Crippen molar-refractivity contribution in [3.05, 3.63) is 34.4 Å². The van der Waals surface area contributed by atoms with E-state index < -0.39 is 4.92 Å². The summed E-state index contributed by atoms with van der Waals surface area (Å²) in [6, 6.07) is 6.30. The molecule has 7 heteroatoms. The number of hydrogen-bond donors (Lipinski definition) is 1. The molecule has 0 unspecified atom stereocenters. The smallest absolute Gasteiger partial charge is 0.269 e. The number of nitro benzene ring substituents is 1. The van der Waals surface area contributed by atoms with Crippen LogP contribution in [0.15, 0.2) is 24.3 Å². The summed E-state index contributed by atoms with van der Waals surface area (Å²) in [5.41, 5.74) is 0.857. The van der Waals surface area contributed by atoms with Gasteiger partial charge in [-0.15, -0.1) is 0 Å². The van der Waals surface area contributed by atoms with Gasteiger partial charge in [0.15, 0.2) is 5.11 Å². The first-order valence-corrected chi connectivity index (χ1v) is 6.96. The number of thiocarbonyl (C=S) groups is 1.